The molecule has 0 spiro atoms. The maximum absolute atomic E-state index is 11.5. The highest BCUT2D eigenvalue weighted by atomic mass is 32.1. The van der Waals surface area contributed by atoms with Gasteiger partial charge in [-0.25, -0.2) is 0 Å². The topological polar surface area (TPSA) is 41.1 Å². The van der Waals surface area contributed by atoms with Gasteiger partial charge in [0.15, 0.2) is 0 Å². The lowest BCUT2D eigenvalue weighted by molar-refractivity contribution is -0.116. The molecule has 16 heavy (non-hydrogen) atoms. The Balaban J connectivity index is 2.06. The lowest BCUT2D eigenvalue weighted by Gasteiger charge is -2.04. The number of nitrogens with one attached hydrogen (secondary N) is 2. The van der Waals surface area contributed by atoms with Gasteiger partial charge in [-0.1, -0.05) is 0 Å². The molecule has 0 aliphatic heterocycles. The summed E-state index contributed by atoms with van der Waals surface area (Å²) in [5.74, 6) is 0.0453. The van der Waals surface area contributed by atoms with E-state index in [2.05, 4.69) is 22.1 Å². The van der Waals surface area contributed by atoms with Crippen LogP contribution in [0.5, 0.6) is 0 Å². The molecule has 2 aromatic rings. The number of carbonyl (C=O) groups is 1. The number of anilines is 1. The van der Waals surface area contributed by atoms with Crippen molar-refractivity contribution in [3.05, 3.63) is 29.6 Å². The van der Waals surface area contributed by atoms with Crippen LogP contribution in [0.3, 0.4) is 0 Å². The Kier molecular flexibility index (Phi) is 3.54. The maximum atomic E-state index is 11.5. The van der Waals surface area contributed by atoms with Gasteiger partial charge in [0.05, 0.1) is 0 Å². The molecule has 0 bridgehead atoms. The first kappa shape index (κ1) is 11.1. The number of rotatable bonds is 4. The van der Waals surface area contributed by atoms with E-state index in [1.165, 1.54) is 10.1 Å². The van der Waals surface area contributed by atoms with Crippen LogP contribution in [-0.2, 0) is 4.79 Å². The fraction of sp³-hybridized carbons (Fsp3) is 0.250. The van der Waals surface area contributed by atoms with E-state index in [1.807, 2.05) is 25.2 Å². The fourth-order valence-corrected chi connectivity index (χ4v) is 2.28. The highest BCUT2D eigenvalue weighted by Gasteiger charge is 2.02. The Morgan fingerprint density at radius 2 is 2.25 bits per heavy atom. The van der Waals surface area contributed by atoms with E-state index in [-0.39, 0.29) is 5.91 Å². The van der Waals surface area contributed by atoms with Gasteiger partial charge >= 0.3 is 0 Å². The molecule has 0 fully saturated rings. The summed E-state index contributed by atoms with van der Waals surface area (Å²) in [5.41, 5.74) is 0.868. The number of thiophene rings is 1. The van der Waals surface area contributed by atoms with E-state index >= 15 is 0 Å². The molecule has 0 saturated carbocycles. The van der Waals surface area contributed by atoms with E-state index < -0.39 is 0 Å². The minimum absolute atomic E-state index is 0.0453. The molecule has 0 saturated heterocycles. The van der Waals surface area contributed by atoms with Crippen molar-refractivity contribution in [3.8, 4) is 0 Å². The quantitative estimate of drug-likeness (QED) is 0.853. The van der Waals surface area contributed by atoms with Crippen molar-refractivity contribution in [1.29, 1.82) is 0 Å². The second-order valence-electron chi connectivity index (χ2n) is 3.57. The molecule has 0 radical (unpaired) electrons. The monoisotopic (exact) mass is 234 g/mol. The molecule has 84 valence electrons. The van der Waals surface area contributed by atoms with E-state index in [0.29, 0.717) is 13.0 Å². The van der Waals surface area contributed by atoms with Crippen molar-refractivity contribution in [3.63, 3.8) is 0 Å². The van der Waals surface area contributed by atoms with Gasteiger partial charge in [0.25, 0.3) is 0 Å². The van der Waals surface area contributed by atoms with Crippen molar-refractivity contribution >= 4 is 33.0 Å². The van der Waals surface area contributed by atoms with Gasteiger partial charge in [-0.05, 0) is 42.1 Å². The average molecular weight is 234 g/mol. The summed E-state index contributed by atoms with van der Waals surface area (Å²) < 4.78 is 1.24. The summed E-state index contributed by atoms with van der Waals surface area (Å²) in [4.78, 5) is 11.5. The van der Waals surface area contributed by atoms with Crippen LogP contribution in [-0.4, -0.2) is 19.5 Å². The zero-order valence-electron chi connectivity index (χ0n) is 9.12. The van der Waals surface area contributed by atoms with E-state index in [4.69, 9.17) is 0 Å². The zero-order chi connectivity index (χ0) is 11.4. The van der Waals surface area contributed by atoms with Gasteiger partial charge in [-0.15, -0.1) is 11.3 Å². The minimum Gasteiger partial charge on any atom is -0.326 e. The third-order valence-electron chi connectivity index (χ3n) is 2.34. The fourth-order valence-electron chi connectivity index (χ4n) is 1.51. The predicted octanol–water partition coefficient (Wildman–Crippen LogP) is 2.45. The SMILES string of the molecule is CNCCC(=O)Nc1ccc2sccc2c1. The third kappa shape index (κ3) is 2.59. The Hall–Kier alpha value is -1.39. The second kappa shape index (κ2) is 5.09. The summed E-state index contributed by atoms with van der Waals surface area (Å²) in [5, 5.41) is 9.07. The molecule has 2 rings (SSSR count). The summed E-state index contributed by atoms with van der Waals surface area (Å²) in [6, 6.07) is 8.04. The van der Waals surface area contributed by atoms with Gasteiger partial charge in [0.1, 0.15) is 0 Å². The van der Waals surface area contributed by atoms with Crippen LogP contribution < -0.4 is 10.6 Å². The highest BCUT2D eigenvalue weighted by Crippen LogP contribution is 2.23. The summed E-state index contributed by atoms with van der Waals surface area (Å²) in [6.07, 6.45) is 0.498. The predicted molar refractivity (Wildman–Crippen MR) is 69.0 cm³/mol. The van der Waals surface area contributed by atoms with Crippen molar-refractivity contribution < 1.29 is 4.79 Å². The van der Waals surface area contributed by atoms with E-state index in [0.717, 1.165) is 5.69 Å². The number of hydrogen-bond donors (Lipinski definition) is 2. The molecule has 2 N–H and O–H groups in total. The van der Waals surface area contributed by atoms with Crippen LogP contribution in [0.4, 0.5) is 5.69 Å². The molecule has 1 amide bonds. The summed E-state index contributed by atoms with van der Waals surface area (Å²) in [7, 11) is 1.84. The van der Waals surface area contributed by atoms with Crippen molar-refractivity contribution in [2.45, 2.75) is 6.42 Å². The lowest BCUT2D eigenvalue weighted by atomic mass is 10.2. The van der Waals surface area contributed by atoms with Crippen molar-refractivity contribution in [2.24, 2.45) is 0 Å². The van der Waals surface area contributed by atoms with Gasteiger partial charge in [-0.2, -0.15) is 0 Å². The standard InChI is InChI=1S/C12H14N2OS/c1-13-6-4-12(15)14-10-2-3-11-9(8-10)5-7-16-11/h2-3,5,7-8,13H,4,6H2,1H3,(H,14,15). The summed E-state index contributed by atoms with van der Waals surface area (Å²) >= 11 is 1.71. The number of hydrogen-bond acceptors (Lipinski definition) is 3. The number of fused-ring (bicyclic) bond motifs is 1. The largest absolute Gasteiger partial charge is 0.326 e. The molecule has 0 aliphatic carbocycles. The van der Waals surface area contributed by atoms with Crippen LogP contribution in [0.25, 0.3) is 10.1 Å². The summed E-state index contributed by atoms with van der Waals surface area (Å²) in [6.45, 7) is 0.701. The maximum Gasteiger partial charge on any atom is 0.225 e. The lowest BCUT2D eigenvalue weighted by Crippen LogP contribution is -2.18. The molecule has 1 heterocycles. The molecular weight excluding hydrogens is 220 g/mol. The Morgan fingerprint density at radius 1 is 1.38 bits per heavy atom. The normalized spacial score (nSPS) is 10.6. The van der Waals surface area contributed by atoms with Crippen molar-refractivity contribution in [1.82, 2.24) is 5.32 Å². The van der Waals surface area contributed by atoms with Crippen LogP contribution in [0.2, 0.25) is 0 Å². The molecule has 0 aliphatic rings. The number of benzene rings is 1. The smallest absolute Gasteiger partial charge is 0.225 e. The van der Waals surface area contributed by atoms with E-state index in [9.17, 15) is 4.79 Å². The van der Waals surface area contributed by atoms with Crippen LogP contribution in [0, 0.1) is 0 Å². The molecule has 0 unspecified atom stereocenters. The molecule has 0 atom stereocenters. The molecular formula is C12H14N2OS. The number of carbonyl (C=O) groups excluding carboxylic acids is 1. The second-order valence-corrected chi connectivity index (χ2v) is 4.52. The Labute approximate surface area is 98.5 Å². The molecule has 1 aromatic carbocycles. The zero-order valence-corrected chi connectivity index (χ0v) is 9.93. The molecule has 4 heteroatoms. The molecule has 1 aromatic heterocycles. The first-order valence-corrected chi connectivity index (χ1v) is 6.09. The van der Waals surface area contributed by atoms with Gasteiger partial charge in [0.2, 0.25) is 5.91 Å². The van der Waals surface area contributed by atoms with E-state index in [1.54, 1.807) is 11.3 Å². The Bertz CT molecular complexity index is 492. The van der Waals surface area contributed by atoms with Gasteiger partial charge in [0, 0.05) is 23.4 Å². The van der Waals surface area contributed by atoms with Crippen LogP contribution in [0.15, 0.2) is 29.6 Å². The minimum atomic E-state index is 0.0453. The van der Waals surface area contributed by atoms with Gasteiger partial charge < -0.3 is 10.6 Å². The van der Waals surface area contributed by atoms with Crippen LogP contribution in [0.1, 0.15) is 6.42 Å². The third-order valence-corrected chi connectivity index (χ3v) is 3.24. The Morgan fingerprint density at radius 3 is 3.06 bits per heavy atom. The van der Waals surface area contributed by atoms with Crippen LogP contribution >= 0.6 is 11.3 Å². The average Bonchev–Trinajstić information content (AvgIpc) is 2.73. The highest BCUT2D eigenvalue weighted by molar-refractivity contribution is 7.17. The first-order valence-electron chi connectivity index (χ1n) is 5.21. The number of amides is 1. The molecule has 3 nitrogen and oxygen atoms in total. The van der Waals surface area contributed by atoms with Crippen molar-refractivity contribution in [2.75, 3.05) is 18.9 Å². The van der Waals surface area contributed by atoms with Gasteiger partial charge in [-0.3, -0.25) is 4.79 Å². The first-order chi connectivity index (χ1) is 7.79.